The van der Waals surface area contributed by atoms with Crippen molar-refractivity contribution in [2.24, 2.45) is 5.92 Å². The molecule has 370 valence electrons. The molecule has 0 saturated heterocycles. The highest BCUT2D eigenvalue weighted by atomic mass is 16.5. The van der Waals surface area contributed by atoms with E-state index in [2.05, 4.69) is 120 Å². The van der Waals surface area contributed by atoms with E-state index in [0.29, 0.717) is 37.1 Å². The molecule has 74 heavy (non-hydrogen) atoms. The second-order valence-corrected chi connectivity index (χ2v) is 19.8. The van der Waals surface area contributed by atoms with Crippen molar-refractivity contribution < 1.29 is 38.6 Å². The topological polar surface area (TPSA) is 140 Å². The fourth-order valence-electron chi connectivity index (χ4n) is 12.6. The van der Waals surface area contributed by atoms with Crippen LogP contribution < -0.4 is 9.64 Å². The van der Waals surface area contributed by atoms with E-state index in [1.807, 2.05) is 60.7 Å². The first-order valence-electron chi connectivity index (χ1n) is 25.3. The fraction of sp³-hybridized carbons (Fsp3) is 0.234. The van der Waals surface area contributed by atoms with Gasteiger partial charge in [0, 0.05) is 22.4 Å². The summed E-state index contributed by atoms with van der Waals surface area (Å²) in [6.45, 7) is 5.41. The minimum absolute atomic E-state index is 0.0813. The molecular weight excluding hydrogens is 923 g/mol. The predicted octanol–water partition coefficient (Wildman–Crippen LogP) is 12.7. The Morgan fingerprint density at radius 3 is 2.20 bits per heavy atom. The number of aliphatic carboxylic acids is 1. The summed E-state index contributed by atoms with van der Waals surface area (Å²) in [5.41, 5.74) is 7.84. The number of carboxylic acid groups (broad SMARTS) is 2. The zero-order chi connectivity index (χ0) is 51.6. The van der Waals surface area contributed by atoms with E-state index in [1.165, 1.54) is 11.1 Å². The van der Waals surface area contributed by atoms with Crippen LogP contribution >= 0.6 is 0 Å². The molecule has 7 aromatic carbocycles. The largest absolute Gasteiger partial charge is 0.497 e. The Morgan fingerprint density at radius 1 is 0.838 bits per heavy atom. The van der Waals surface area contributed by atoms with E-state index < -0.39 is 22.8 Å². The van der Waals surface area contributed by atoms with Gasteiger partial charge in [-0.1, -0.05) is 121 Å². The molecule has 7 aromatic rings. The third-order valence-electron chi connectivity index (χ3n) is 15.5. The van der Waals surface area contributed by atoms with Gasteiger partial charge in [0.15, 0.2) is 6.54 Å². The lowest BCUT2D eigenvalue weighted by Crippen LogP contribution is -2.41. The summed E-state index contributed by atoms with van der Waals surface area (Å²) in [6.07, 6.45) is 14.4. The van der Waals surface area contributed by atoms with Gasteiger partial charge in [-0.05, 0) is 144 Å². The number of carboxylic acids is 2. The summed E-state index contributed by atoms with van der Waals surface area (Å²) >= 11 is 0. The van der Waals surface area contributed by atoms with Gasteiger partial charge in [-0.25, -0.2) is 4.79 Å². The zero-order valence-corrected chi connectivity index (χ0v) is 41.9. The van der Waals surface area contributed by atoms with Crippen LogP contribution in [0.4, 0.5) is 11.4 Å². The van der Waals surface area contributed by atoms with Crippen molar-refractivity contribution in [3.05, 3.63) is 209 Å². The monoisotopic (exact) mass is 980 g/mol. The lowest BCUT2D eigenvalue weighted by Gasteiger charge is -2.42. The van der Waals surface area contributed by atoms with E-state index in [4.69, 9.17) is 9.47 Å². The molecule has 2 aliphatic heterocycles. The van der Waals surface area contributed by atoms with Crippen LogP contribution in [0.15, 0.2) is 181 Å². The molecule has 0 saturated carbocycles. The SMILES string of the molecule is COc1ccc2ccc3c(c2c1)C(Cc1ccccc1)(C1C=CCCC1)/C(=C(C)/C=C/C=C(\C#N)C1=[N+](CCC(=O)O)c2c(c4ccccc4c4ccccc24)C1(C)Cc1ccc(C(=O)O)cc1)N3CCOC=O. The summed E-state index contributed by atoms with van der Waals surface area (Å²) in [5, 5.41) is 37.8. The van der Waals surface area contributed by atoms with Gasteiger partial charge in [0.25, 0.3) is 6.47 Å². The van der Waals surface area contributed by atoms with Crippen molar-refractivity contribution in [2.75, 3.05) is 31.7 Å². The average molecular weight is 981 g/mol. The first-order valence-corrected chi connectivity index (χ1v) is 25.3. The molecule has 10 heteroatoms. The minimum Gasteiger partial charge on any atom is -0.497 e. The van der Waals surface area contributed by atoms with Crippen LogP contribution in [0.5, 0.6) is 5.75 Å². The molecule has 2 heterocycles. The maximum atomic E-state index is 12.6. The maximum Gasteiger partial charge on any atom is 0.335 e. The van der Waals surface area contributed by atoms with Gasteiger partial charge in [0.05, 0.1) is 30.0 Å². The van der Waals surface area contributed by atoms with Crippen LogP contribution in [0, 0.1) is 17.2 Å². The van der Waals surface area contributed by atoms with Crippen LogP contribution in [0.3, 0.4) is 0 Å². The number of benzene rings is 7. The second kappa shape index (κ2) is 20.5. The molecule has 3 aliphatic rings. The highest BCUT2D eigenvalue weighted by Gasteiger charge is 2.54. The number of aromatic carboxylic acids is 1. The number of hydrogen-bond donors (Lipinski definition) is 2. The summed E-state index contributed by atoms with van der Waals surface area (Å²) in [4.78, 5) is 38.6. The number of rotatable bonds is 17. The third kappa shape index (κ3) is 8.62. The number of hydrogen-bond acceptors (Lipinski definition) is 7. The van der Waals surface area contributed by atoms with E-state index in [9.17, 15) is 29.9 Å². The van der Waals surface area contributed by atoms with Crippen molar-refractivity contribution in [2.45, 2.75) is 63.2 Å². The molecule has 0 fully saturated rings. The van der Waals surface area contributed by atoms with Crippen molar-refractivity contribution in [3.8, 4) is 11.8 Å². The molecule has 2 N–H and O–H groups in total. The second-order valence-electron chi connectivity index (χ2n) is 19.8. The number of carbonyl (C=O) groups is 3. The Morgan fingerprint density at radius 2 is 1.53 bits per heavy atom. The van der Waals surface area contributed by atoms with Crippen LogP contribution in [0.1, 0.15) is 72.1 Å². The van der Waals surface area contributed by atoms with Gasteiger partial charge >= 0.3 is 11.9 Å². The quantitative estimate of drug-likeness (QED) is 0.0174. The Labute approximate surface area is 431 Å². The first-order chi connectivity index (χ1) is 36.0. The van der Waals surface area contributed by atoms with E-state index in [1.54, 1.807) is 19.2 Å². The Bertz CT molecular complexity index is 3580. The van der Waals surface area contributed by atoms with Gasteiger partial charge in [0.2, 0.25) is 11.4 Å². The van der Waals surface area contributed by atoms with Crippen LogP contribution in [-0.2, 0) is 38.0 Å². The van der Waals surface area contributed by atoms with E-state index in [-0.39, 0.29) is 31.1 Å². The van der Waals surface area contributed by atoms with Crippen LogP contribution in [0.2, 0.25) is 0 Å². The number of ether oxygens (including phenoxy) is 2. The smallest absolute Gasteiger partial charge is 0.335 e. The lowest BCUT2D eigenvalue weighted by atomic mass is 9.62. The van der Waals surface area contributed by atoms with Crippen molar-refractivity contribution in [1.82, 2.24) is 0 Å². The van der Waals surface area contributed by atoms with Crippen LogP contribution in [-0.4, -0.2) is 65.7 Å². The maximum absolute atomic E-state index is 12.6. The average Bonchev–Trinajstić information content (AvgIpc) is 3.86. The number of anilines is 1. The van der Waals surface area contributed by atoms with Crippen molar-refractivity contribution in [1.29, 1.82) is 5.26 Å². The number of carbonyl (C=O) groups excluding carboxylic acids is 1. The van der Waals surface area contributed by atoms with Crippen molar-refractivity contribution in [3.63, 3.8) is 0 Å². The zero-order valence-electron chi connectivity index (χ0n) is 41.9. The molecule has 1 aliphatic carbocycles. The molecule has 0 bridgehead atoms. The van der Waals surface area contributed by atoms with Gasteiger partial charge in [-0.3, -0.25) is 9.59 Å². The summed E-state index contributed by atoms with van der Waals surface area (Å²) < 4.78 is 13.4. The van der Waals surface area contributed by atoms with Crippen molar-refractivity contribution >= 4 is 67.8 Å². The van der Waals surface area contributed by atoms with E-state index in [0.717, 1.165) is 91.1 Å². The first kappa shape index (κ1) is 49.0. The molecule has 0 spiro atoms. The summed E-state index contributed by atoms with van der Waals surface area (Å²) in [7, 11) is 1.69. The van der Waals surface area contributed by atoms with Gasteiger partial charge in [0.1, 0.15) is 30.4 Å². The highest BCUT2D eigenvalue weighted by molar-refractivity contribution is 6.21. The fourth-order valence-corrected chi connectivity index (χ4v) is 12.6. The van der Waals surface area contributed by atoms with Crippen LogP contribution in [0.25, 0.3) is 32.3 Å². The number of nitrogens with zero attached hydrogens (tertiary/aromatic N) is 3. The number of methoxy groups -OCH3 is 1. The normalized spacial score (nSPS) is 20.0. The standard InChI is InChI=1S/C64H57N3O7/c1-42(60-64(48-19-8-5-9-20-48,39-43-16-6-4-7-17-43)57-54-37-49(73-3)31-29-45(54)30-32-55(57)66(60)35-36-74-41-68)15-14-18-47(40-65)61-63(2,38-44-25-27-46(28-26-44)62(71)72)58-52-23-12-10-21-50(52)51-22-11-13-24-53(51)59(58)67(61)34-33-56(69)70/h4,6-8,10-19,21-32,37,41,48H,5,9,20,33-36,38-39H2,1-3H3,(H-,69,70,71,72)/p+1. The molecule has 0 radical (unpaired) electrons. The number of fused-ring (bicyclic) bond motifs is 9. The minimum atomic E-state index is -1.02. The Balaban J connectivity index is 1.22. The number of nitriles is 1. The number of allylic oxidation sites excluding steroid dienone is 8. The summed E-state index contributed by atoms with van der Waals surface area (Å²) in [6, 6.07) is 47.1. The van der Waals surface area contributed by atoms with E-state index >= 15 is 0 Å². The Kier molecular flexibility index (Phi) is 13.6. The van der Waals surface area contributed by atoms with Gasteiger partial charge < -0.3 is 24.6 Å². The molecule has 3 atom stereocenters. The molecule has 10 nitrogen and oxygen atoms in total. The van der Waals surface area contributed by atoms with Gasteiger partial charge in [-0.2, -0.15) is 9.84 Å². The molecular formula is C64H58N3O7+. The lowest BCUT2D eigenvalue weighted by molar-refractivity contribution is -0.435. The molecule has 3 unspecified atom stereocenters. The predicted molar refractivity (Wildman–Crippen MR) is 292 cm³/mol. The van der Waals surface area contributed by atoms with Gasteiger partial charge in [-0.15, -0.1) is 0 Å². The molecule has 0 amide bonds. The Hall–Kier alpha value is -8.55. The molecule has 10 rings (SSSR count). The molecule has 0 aromatic heterocycles. The summed E-state index contributed by atoms with van der Waals surface area (Å²) in [5.74, 6) is -1.15. The highest BCUT2D eigenvalue weighted by Crippen LogP contribution is 2.59. The third-order valence-corrected chi connectivity index (χ3v) is 15.5.